The van der Waals surface area contributed by atoms with Crippen molar-refractivity contribution >= 4 is 17.3 Å². The van der Waals surface area contributed by atoms with Gasteiger partial charge in [0.05, 0.1) is 17.1 Å². The molecular formula is C21H22N2O3S. The highest BCUT2D eigenvalue weighted by Crippen LogP contribution is 2.31. The molecule has 1 N–H and O–H groups in total. The Morgan fingerprint density at radius 1 is 1.33 bits per heavy atom. The second-order valence-corrected chi connectivity index (χ2v) is 7.91. The molecule has 1 aliphatic rings. The maximum atomic E-state index is 11.4. The van der Waals surface area contributed by atoms with Crippen LogP contribution >= 0.6 is 11.3 Å². The van der Waals surface area contributed by atoms with Crippen LogP contribution in [0.25, 0.3) is 11.3 Å². The van der Waals surface area contributed by atoms with Gasteiger partial charge in [-0.15, -0.1) is 11.3 Å². The quantitative estimate of drug-likeness (QED) is 0.687. The Bertz CT molecular complexity index is 946. The van der Waals surface area contributed by atoms with E-state index in [2.05, 4.69) is 15.3 Å². The van der Waals surface area contributed by atoms with Crippen LogP contribution in [0.4, 0.5) is 0 Å². The fourth-order valence-electron chi connectivity index (χ4n) is 3.67. The molecule has 0 spiro atoms. The molecule has 2 aromatic heterocycles. The maximum absolute atomic E-state index is 11.4. The molecule has 140 valence electrons. The lowest BCUT2D eigenvalue weighted by molar-refractivity contribution is 0.0697. The number of furan rings is 1. The monoisotopic (exact) mass is 382 g/mol. The normalized spacial score (nSPS) is 17.9. The van der Waals surface area contributed by atoms with Crippen molar-refractivity contribution in [3.8, 4) is 11.3 Å². The molecule has 1 unspecified atom stereocenters. The number of carbonyl (C=O) groups is 1. The van der Waals surface area contributed by atoms with Crippen molar-refractivity contribution < 1.29 is 14.3 Å². The van der Waals surface area contributed by atoms with Gasteiger partial charge in [-0.3, -0.25) is 4.90 Å². The summed E-state index contributed by atoms with van der Waals surface area (Å²) in [5.74, 6) is 1.01. The van der Waals surface area contributed by atoms with E-state index in [4.69, 9.17) is 4.42 Å². The minimum Gasteiger partial charge on any atom is -0.478 e. The molecule has 0 bridgehead atoms. The largest absolute Gasteiger partial charge is 0.478 e. The highest BCUT2D eigenvalue weighted by molar-refractivity contribution is 7.09. The van der Waals surface area contributed by atoms with Crippen molar-refractivity contribution in [1.82, 2.24) is 9.88 Å². The van der Waals surface area contributed by atoms with Crippen LogP contribution in [0.5, 0.6) is 0 Å². The van der Waals surface area contributed by atoms with Crippen LogP contribution in [0.3, 0.4) is 0 Å². The molecule has 1 aliphatic heterocycles. The predicted octanol–water partition coefficient (Wildman–Crippen LogP) is 4.79. The summed E-state index contributed by atoms with van der Waals surface area (Å²) in [4.78, 5) is 18.5. The molecule has 3 aromatic rings. The highest BCUT2D eigenvalue weighted by Gasteiger charge is 2.24. The van der Waals surface area contributed by atoms with E-state index >= 15 is 0 Å². The molecule has 1 fully saturated rings. The average Bonchev–Trinajstić information content (AvgIpc) is 3.31. The molecule has 1 atom stereocenters. The van der Waals surface area contributed by atoms with Crippen LogP contribution in [0.15, 0.2) is 46.2 Å². The SMILES string of the molecule is Cc1csc(C2CCCN(Cc3ccc(-c4ccccc4C(=O)O)o3)C2)n1. The third-order valence-electron chi connectivity index (χ3n) is 4.96. The summed E-state index contributed by atoms with van der Waals surface area (Å²) < 4.78 is 5.99. The Hall–Kier alpha value is -2.44. The third kappa shape index (κ3) is 3.96. The number of hydrogen-bond donors (Lipinski definition) is 1. The van der Waals surface area contributed by atoms with Crippen molar-refractivity contribution in [2.45, 2.75) is 32.2 Å². The van der Waals surface area contributed by atoms with Crippen molar-refractivity contribution in [2.75, 3.05) is 13.1 Å². The highest BCUT2D eigenvalue weighted by atomic mass is 32.1. The number of rotatable bonds is 5. The first-order valence-corrected chi connectivity index (χ1v) is 10.0. The number of carboxylic acids is 1. The number of piperidine rings is 1. The van der Waals surface area contributed by atoms with E-state index in [0.717, 1.165) is 37.5 Å². The Labute approximate surface area is 162 Å². The number of nitrogens with zero attached hydrogens (tertiary/aromatic N) is 2. The molecule has 3 heterocycles. The summed E-state index contributed by atoms with van der Waals surface area (Å²) in [5, 5.41) is 12.7. The van der Waals surface area contributed by atoms with Gasteiger partial charge in [0.25, 0.3) is 0 Å². The molecule has 4 rings (SSSR count). The smallest absolute Gasteiger partial charge is 0.336 e. The molecule has 27 heavy (non-hydrogen) atoms. The lowest BCUT2D eigenvalue weighted by atomic mass is 9.98. The van der Waals surface area contributed by atoms with Crippen LogP contribution < -0.4 is 0 Å². The van der Waals surface area contributed by atoms with Crippen molar-refractivity contribution in [3.05, 3.63) is 63.8 Å². The van der Waals surface area contributed by atoms with Gasteiger partial charge in [-0.1, -0.05) is 18.2 Å². The number of benzene rings is 1. The molecule has 1 saturated heterocycles. The molecule has 0 radical (unpaired) electrons. The Kier molecular flexibility index (Phi) is 5.09. The summed E-state index contributed by atoms with van der Waals surface area (Å²) in [6.45, 7) is 4.80. The van der Waals surface area contributed by atoms with Crippen LogP contribution in [0.1, 0.15) is 45.6 Å². The van der Waals surface area contributed by atoms with E-state index in [9.17, 15) is 9.90 Å². The molecule has 0 saturated carbocycles. The predicted molar refractivity (Wildman–Crippen MR) is 105 cm³/mol. The van der Waals surface area contributed by atoms with Crippen LogP contribution in [-0.2, 0) is 6.54 Å². The van der Waals surface area contributed by atoms with E-state index in [0.29, 0.717) is 17.2 Å². The Morgan fingerprint density at radius 2 is 2.19 bits per heavy atom. The maximum Gasteiger partial charge on any atom is 0.336 e. The van der Waals surface area contributed by atoms with Gasteiger partial charge in [0, 0.05) is 29.1 Å². The fraction of sp³-hybridized carbons (Fsp3) is 0.333. The summed E-state index contributed by atoms with van der Waals surface area (Å²) in [7, 11) is 0. The number of carboxylic acid groups (broad SMARTS) is 1. The van der Waals surface area contributed by atoms with Gasteiger partial charge < -0.3 is 9.52 Å². The lowest BCUT2D eigenvalue weighted by Crippen LogP contribution is -2.33. The lowest BCUT2D eigenvalue weighted by Gasteiger charge is -2.31. The molecule has 1 aromatic carbocycles. The zero-order valence-electron chi connectivity index (χ0n) is 15.2. The number of aromatic carboxylic acids is 1. The van der Waals surface area contributed by atoms with Crippen molar-refractivity contribution in [3.63, 3.8) is 0 Å². The van der Waals surface area contributed by atoms with Gasteiger partial charge in [0.1, 0.15) is 11.5 Å². The van der Waals surface area contributed by atoms with E-state index in [1.165, 1.54) is 11.4 Å². The molecule has 0 amide bonds. The minimum absolute atomic E-state index is 0.260. The van der Waals surface area contributed by atoms with Crippen LogP contribution in [0, 0.1) is 6.92 Å². The Morgan fingerprint density at radius 3 is 2.96 bits per heavy atom. The fourth-order valence-corrected chi connectivity index (χ4v) is 4.60. The average molecular weight is 382 g/mol. The van der Waals surface area contributed by atoms with E-state index < -0.39 is 5.97 Å². The minimum atomic E-state index is -0.943. The van der Waals surface area contributed by atoms with Gasteiger partial charge in [-0.05, 0) is 44.5 Å². The van der Waals surface area contributed by atoms with E-state index in [1.807, 2.05) is 25.1 Å². The summed E-state index contributed by atoms with van der Waals surface area (Å²) >= 11 is 1.75. The summed E-state index contributed by atoms with van der Waals surface area (Å²) in [6.07, 6.45) is 2.33. The zero-order chi connectivity index (χ0) is 18.8. The van der Waals surface area contributed by atoms with E-state index in [-0.39, 0.29) is 5.56 Å². The number of likely N-dealkylation sites (tertiary alicyclic amines) is 1. The second kappa shape index (κ2) is 7.66. The van der Waals surface area contributed by atoms with Gasteiger partial charge in [-0.25, -0.2) is 9.78 Å². The topological polar surface area (TPSA) is 66.6 Å². The first-order valence-electron chi connectivity index (χ1n) is 9.16. The van der Waals surface area contributed by atoms with Gasteiger partial charge in [-0.2, -0.15) is 0 Å². The number of thiazole rings is 1. The van der Waals surface area contributed by atoms with Gasteiger partial charge in [0.15, 0.2) is 0 Å². The summed E-state index contributed by atoms with van der Waals surface area (Å²) in [6, 6.07) is 10.8. The zero-order valence-corrected chi connectivity index (χ0v) is 16.0. The van der Waals surface area contributed by atoms with Crippen molar-refractivity contribution in [1.29, 1.82) is 0 Å². The van der Waals surface area contributed by atoms with Gasteiger partial charge in [0.2, 0.25) is 0 Å². The van der Waals surface area contributed by atoms with Crippen LogP contribution in [0.2, 0.25) is 0 Å². The first-order chi connectivity index (χ1) is 13.1. The molecule has 6 heteroatoms. The third-order valence-corrected chi connectivity index (χ3v) is 6.08. The number of aryl methyl sites for hydroxylation is 1. The number of hydrogen-bond acceptors (Lipinski definition) is 5. The first kappa shape index (κ1) is 17.9. The molecule has 0 aliphatic carbocycles. The Balaban J connectivity index is 1.47. The van der Waals surface area contributed by atoms with Crippen LogP contribution in [-0.4, -0.2) is 34.0 Å². The van der Waals surface area contributed by atoms with Crippen molar-refractivity contribution in [2.24, 2.45) is 0 Å². The molecule has 5 nitrogen and oxygen atoms in total. The summed E-state index contributed by atoms with van der Waals surface area (Å²) in [5.41, 5.74) is 1.97. The molecular weight excluding hydrogens is 360 g/mol. The van der Waals surface area contributed by atoms with Gasteiger partial charge >= 0.3 is 5.97 Å². The standard InChI is InChI=1S/C21H22N2O3S/c1-14-13-27-20(22-14)15-5-4-10-23(11-15)12-16-8-9-19(26-16)17-6-2-3-7-18(17)21(24)25/h2-3,6-9,13,15H,4-5,10-12H2,1H3,(H,24,25). The number of aromatic nitrogens is 1. The van der Waals surface area contributed by atoms with E-state index in [1.54, 1.807) is 29.5 Å². The second-order valence-electron chi connectivity index (χ2n) is 7.02.